The van der Waals surface area contributed by atoms with E-state index in [0.29, 0.717) is 0 Å². The first kappa shape index (κ1) is 15.7. The van der Waals surface area contributed by atoms with Gasteiger partial charge in [0.05, 0.1) is 0 Å². The van der Waals surface area contributed by atoms with Crippen molar-refractivity contribution in [3.63, 3.8) is 0 Å². The molecule has 0 aromatic rings. The van der Waals surface area contributed by atoms with Crippen molar-refractivity contribution in [1.82, 2.24) is 0 Å². The second-order valence-corrected chi connectivity index (χ2v) is 0.346. The third-order valence-electron chi connectivity index (χ3n) is 0. The van der Waals surface area contributed by atoms with E-state index in [1.165, 1.54) is 0 Å². The van der Waals surface area contributed by atoms with Gasteiger partial charge in [0.15, 0.2) is 0 Å². The Labute approximate surface area is 63.9 Å². The molecular weight excluding hydrogens is 108 g/mol. The van der Waals surface area contributed by atoms with E-state index < -0.39 is 7.32 Å². The number of nitrogens with zero attached hydrogens (tertiary/aromatic N) is 1. The van der Waals surface area contributed by atoms with Crippen molar-refractivity contribution in [3.05, 3.63) is 0 Å². The first-order valence-corrected chi connectivity index (χ1v) is 1.03. The molecular formula is CH5BNNaO3. The van der Waals surface area contributed by atoms with E-state index in [4.69, 9.17) is 20.3 Å². The molecule has 0 spiro atoms. The summed E-state index contributed by atoms with van der Waals surface area (Å²) >= 11 is 0. The molecule has 6 heteroatoms. The fourth-order valence-electron chi connectivity index (χ4n) is 0. The molecule has 0 aromatic carbocycles. The normalized spacial score (nSPS) is 4.14. The fraction of sp³-hybridized carbons (Fsp3) is 0. The van der Waals surface area contributed by atoms with E-state index >= 15 is 0 Å². The van der Waals surface area contributed by atoms with E-state index in [-0.39, 0.29) is 29.6 Å². The van der Waals surface area contributed by atoms with Crippen LogP contribution in [0.15, 0.2) is 0 Å². The fourth-order valence-corrected chi connectivity index (χ4v) is 0. The van der Waals surface area contributed by atoms with Gasteiger partial charge in [-0.05, 0) is 0 Å². The third kappa shape index (κ3) is 669. The monoisotopic (exact) mass is 113 g/mol. The zero-order valence-electron chi connectivity index (χ0n) is 2.94. The zero-order valence-corrected chi connectivity index (χ0v) is 2.94. The van der Waals surface area contributed by atoms with Gasteiger partial charge >= 0.3 is 36.9 Å². The van der Waals surface area contributed by atoms with Gasteiger partial charge in [0, 0.05) is 6.57 Å². The Bertz CT molecular complexity index is 36.4. The average Bonchev–Trinajstić information content (AvgIpc) is 1.41. The maximum absolute atomic E-state index is 7.17. The van der Waals surface area contributed by atoms with Crippen molar-refractivity contribution in [3.8, 4) is 6.57 Å². The van der Waals surface area contributed by atoms with Crippen LogP contribution in [0, 0.1) is 11.8 Å². The van der Waals surface area contributed by atoms with Gasteiger partial charge in [-0.3, -0.25) is 0 Å². The van der Waals surface area contributed by atoms with Gasteiger partial charge in [-0.25, -0.2) is 5.26 Å². The van der Waals surface area contributed by atoms with Crippen LogP contribution in [-0.4, -0.2) is 52.0 Å². The summed E-state index contributed by atoms with van der Waals surface area (Å²) in [6.07, 6.45) is 0. The molecule has 0 aliphatic heterocycles. The number of hydrogen-bond donors (Lipinski definition) is 3. The molecule has 0 aromatic heterocycles. The molecule has 0 unspecified atom stereocenters. The van der Waals surface area contributed by atoms with Crippen molar-refractivity contribution in [2.75, 3.05) is 0 Å². The minimum absolute atomic E-state index is 0. The molecule has 0 aliphatic rings. The molecule has 0 fully saturated rings. The van der Waals surface area contributed by atoms with Gasteiger partial charge < -0.3 is 15.1 Å². The Balaban J connectivity index is -0.0000000480. The van der Waals surface area contributed by atoms with Crippen LogP contribution in [0.4, 0.5) is 0 Å². The zero-order chi connectivity index (χ0) is 5.58. The van der Waals surface area contributed by atoms with Crippen LogP contribution in [0.2, 0.25) is 0 Å². The summed E-state index contributed by atoms with van der Waals surface area (Å²) < 4.78 is 0. The third-order valence-corrected chi connectivity index (χ3v) is 0. The molecule has 0 atom stereocenters. The Morgan fingerprint density at radius 1 is 1.14 bits per heavy atom. The first-order chi connectivity index (χ1) is 2.73. The summed E-state index contributed by atoms with van der Waals surface area (Å²) in [5.41, 5.74) is 0. The summed E-state index contributed by atoms with van der Waals surface area (Å²) in [4.78, 5) is 0. The van der Waals surface area contributed by atoms with Crippen molar-refractivity contribution in [2.24, 2.45) is 0 Å². The van der Waals surface area contributed by atoms with Gasteiger partial charge in [0.1, 0.15) is 0 Å². The van der Waals surface area contributed by atoms with E-state index in [1.54, 1.807) is 0 Å². The summed E-state index contributed by atoms with van der Waals surface area (Å²) in [6.45, 7) is 3.50. The quantitative estimate of drug-likeness (QED) is 0.301. The van der Waals surface area contributed by atoms with Gasteiger partial charge in [0.25, 0.3) is 0 Å². The Hall–Kier alpha value is 0.435. The Kier molecular flexibility index (Phi) is 36.0. The molecule has 4 nitrogen and oxygen atoms in total. The molecule has 0 heterocycles. The van der Waals surface area contributed by atoms with E-state index in [2.05, 4.69) is 6.57 Å². The molecule has 0 saturated carbocycles. The van der Waals surface area contributed by atoms with Crippen LogP contribution in [0.3, 0.4) is 0 Å². The van der Waals surface area contributed by atoms with Crippen LogP contribution >= 0.6 is 0 Å². The molecule has 7 heavy (non-hydrogen) atoms. The molecule has 0 rings (SSSR count). The molecule has 36 valence electrons. The summed E-state index contributed by atoms with van der Waals surface area (Å²) in [5, 5.41) is 28.0. The van der Waals surface area contributed by atoms with Crippen LogP contribution in [0.5, 0.6) is 0 Å². The molecule has 3 N–H and O–H groups in total. The SMILES string of the molecule is C#N.OB(O)O.[NaH]. The van der Waals surface area contributed by atoms with Crippen molar-refractivity contribution in [1.29, 1.82) is 5.26 Å². The maximum atomic E-state index is 7.17. The summed E-state index contributed by atoms with van der Waals surface area (Å²) in [6, 6.07) is 0. The van der Waals surface area contributed by atoms with Gasteiger partial charge in [-0.1, -0.05) is 0 Å². The molecule has 0 saturated heterocycles. The van der Waals surface area contributed by atoms with Gasteiger partial charge in [0.2, 0.25) is 0 Å². The van der Waals surface area contributed by atoms with E-state index in [1.807, 2.05) is 0 Å². The van der Waals surface area contributed by atoms with Gasteiger partial charge in [-0.15, -0.1) is 0 Å². The molecule has 0 amide bonds. The van der Waals surface area contributed by atoms with Crippen molar-refractivity contribution >= 4 is 36.9 Å². The number of hydrogen-bond acceptors (Lipinski definition) is 4. The number of rotatable bonds is 0. The average molecular weight is 113 g/mol. The van der Waals surface area contributed by atoms with E-state index in [0.717, 1.165) is 0 Å². The van der Waals surface area contributed by atoms with Crippen LogP contribution < -0.4 is 0 Å². The van der Waals surface area contributed by atoms with Crippen LogP contribution in [0.1, 0.15) is 0 Å². The minimum atomic E-state index is -2.17. The van der Waals surface area contributed by atoms with Gasteiger partial charge in [-0.2, -0.15) is 0 Å². The molecule has 0 aliphatic carbocycles. The predicted octanol–water partition coefficient (Wildman–Crippen LogP) is -2.56. The molecule has 0 radical (unpaired) electrons. The number of nitriles is 1. The van der Waals surface area contributed by atoms with E-state index in [9.17, 15) is 0 Å². The summed E-state index contributed by atoms with van der Waals surface area (Å²) in [7, 11) is -2.17. The first-order valence-electron chi connectivity index (χ1n) is 1.03. The predicted molar refractivity (Wildman–Crippen MR) is 26.2 cm³/mol. The second kappa shape index (κ2) is 16.1. The second-order valence-electron chi connectivity index (χ2n) is 0.346. The van der Waals surface area contributed by atoms with Crippen LogP contribution in [-0.2, 0) is 0 Å². The van der Waals surface area contributed by atoms with Crippen molar-refractivity contribution in [2.45, 2.75) is 0 Å². The Morgan fingerprint density at radius 3 is 1.14 bits per heavy atom. The topological polar surface area (TPSA) is 84.5 Å². The molecule has 0 bridgehead atoms. The van der Waals surface area contributed by atoms with Crippen LogP contribution in [0.25, 0.3) is 0 Å². The standard InChI is InChI=1S/CHN.BH3O3.Na.H/c1-2;2-1(3)4;;/h1H;2-4H;;. The van der Waals surface area contributed by atoms with Crippen molar-refractivity contribution < 1.29 is 15.1 Å². The Morgan fingerprint density at radius 2 is 1.14 bits per heavy atom. The summed E-state index contributed by atoms with van der Waals surface area (Å²) in [5.74, 6) is 0.